The average molecular weight is 218 g/mol. The molecule has 0 spiro atoms. The normalized spacial score (nSPS) is 24.9. The third-order valence-corrected chi connectivity index (χ3v) is 4.25. The Labute approximate surface area is 87.7 Å². The van der Waals surface area contributed by atoms with E-state index in [0.29, 0.717) is 13.2 Å². The van der Waals surface area contributed by atoms with Crippen molar-refractivity contribution in [1.29, 1.82) is 0 Å². The molecular formula is C10H18O3S. The Morgan fingerprint density at radius 3 is 2.57 bits per heavy atom. The van der Waals surface area contributed by atoms with E-state index in [2.05, 4.69) is 0 Å². The summed E-state index contributed by atoms with van der Waals surface area (Å²) >= 11 is 0. The van der Waals surface area contributed by atoms with Gasteiger partial charge in [0.2, 0.25) is 0 Å². The summed E-state index contributed by atoms with van der Waals surface area (Å²) in [5.41, 5.74) is 0. The molecule has 0 radical (unpaired) electrons. The van der Waals surface area contributed by atoms with Crippen LogP contribution in [0.4, 0.5) is 0 Å². The highest BCUT2D eigenvalue weighted by Gasteiger charge is 2.28. The SMILES string of the molecule is CC(C)(C)S(=O)CC(=O)C1CCOC1. The van der Waals surface area contributed by atoms with E-state index in [9.17, 15) is 9.00 Å². The first kappa shape index (κ1) is 11.9. The predicted molar refractivity (Wildman–Crippen MR) is 56.7 cm³/mol. The van der Waals surface area contributed by atoms with E-state index >= 15 is 0 Å². The second-order valence-corrected chi connectivity index (χ2v) is 6.83. The van der Waals surface area contributed by atoms with Gasteiger partial charge in [0, 0.05) is 28.1 Å². The van der Waals surface area contributed by atoms with Gasteiger partial charge in [0.05, 0.1) is 12.4 Å². The number of hydrogen-bond acceptors (Lipinski definition) is 3. The van der Waals surface area contributed by atoms with Crippen molar-refractivity contribution in [2.45, 2.75) is 31.9 Å². The quantitative estimate of drug-likeness (QED) is 0.713. The van der Waals surface area contributed by atoms with Crippen LogP contribution in [-0.4, -0.2) is 33.7 Å². The van der Waals surface area contributed by atoms with Crippen molar-refractivity contribution in [2.24, 2.45) is 5.92 Å². The largest absolute Gasteiger partial charge is 0.381 e. The van der Waals surface area contributed by atoms with Crippen LogP contribution in [0.5, 0.6) is 0 Å². The molecule has 1 aliphatic heterocycles. The average Bonchev–Trinajstić information content (AvgIpc) is 2.53. The lowest BCUT2D eigenvalue weighted by Gasteiger charge is -2.17. The molecule has 1 aliphatic rings. The second-order valence-electron chi connectivity index (χ2n) is 4.63. The zero-order chi connectivity index (χ0) is 10.8. The Kier molecular flexibility index (Phi) is 3.84. The van der Waals surface area contributed by atoms with Crippen LogP contribution >= 0.6 is 0 Å². The minimum absolute atomic E-state index is 0.0127. The Bertz CT molecular complexity index is 236. The molecule has 0 aromatic rings. The maximum Gasteiger partial charge on any atom is 0.150 e. The van der Waals surface area contributed by atoms with Crippen LogP contribution in [0.25, 0.3) is 0 Å². The minimum Gasteiger partial charge on any atom is -0.381 e. The van der Waals surface area contributed by atoms with Crippen molar-refractivity contribution < 1.29 is 13.7 Å². The van der Waals surface area contributed by atoms with Gasteiger partial charge in [-0.25, -0.2) is 0 Å². The van der Waals surface area contributed by atoms with Crippen LogP contribution in [0.2, 0.25) is 0 Å². The summed E-state index contributed by atoms with van der Waals surface area (Å²) in [6.45, 7) is 6.85. The fourth-order valence-electron chi connectivity index (χ4n) is 1.25. The van der Waals surface area contributed by atoms with Gasteiger partial charge < -0.3 is 4.74 Å². The number of rotatable bonds is 3. The lowest BCUT2D eigenvalue weighted by molar-refractivity contribution is -0.120. The molecule has 1 heterocycles. The molecule has 1 fully saturated rings. The number of carbonyl (C=O) groups excluding carboxylic acids is 1. The van der Waals surface area contributed by atoms with Crippen LogP contribution in [-0.2, 0) is 20.3 Å². The molecule has 82 valence electrons. The number of carbonyl (C=O) groups is 1. The van der Waals surface area contributed by atoms with Gasteiger partial charge in [-0.05, 0) is 27.2 Å². The van der Waals surface area contributed by atoms with Crippen molar-refractivity contribution in [1.82, 2.24) is 0 Å². The molecule has 4 heteroatoms. The predicted octanol–water partition coefficient (Wildman–Crippen LogP) is 1.14. The summed E-state index contributed by atoms with van der Waals surface area (Å²) in [7, 11) is -1.07. The molecule has 1 saturated heterocycles. The molecule has 1 rings (SSSR count). The highest BCUT2D eigenvalue weighted by Crippen LogP contribution is 2.17. The number of ether oxygens (including phenoxy) is 1. The molecule has 2 unspecified atom stereocenters. The summed E-state index contributed by atoms with van der Waals surface area (Å²) < 4.78 is 16.5. The lowest BCUT2D eigenvalue weighted by Crippen LogP contribution is -2.30. The molecule has 0 N–H and O–H groups in total. The molecule has 0 bridgehead atoms. The first-order valence-electron chi connectivity index (χ1n) is 4.90. The first-order valence-corrected chi connectivity index (χ1v) is 6.22. The van der Waals surface area contributed by atoms with E-state index in [1.54, 1.807) is 0 Å². The Morgan fingerprint density at radius 2 is 2.14 bits per heavy atom. The van der Waals surface area contributed by atoms with E-state index in [4.69, 9.17) is 4.74 Å². The zero-order valence-electron chi connectivity index (χ0n) is 9.04. The van der Waals surface area contributed by atoms with Crippen molar-refractivity contribution in [2.75, 3.05) is 19.0 Å². The van der Waals surface area contributed by atoms with Gasteiger partial charge in [-0.2, -0.15) is 0 Å². The Morgan fingerprint density at radius 1 is 1.50 bits per heavy atom. The fourth-order valence-corrected chi connectivity index (χ4v) is 2.18. The standard InChI is InChI=1S/C10H18O3S/c1-10(2,3)14(12)7-9(11)8-4-5-13-6-8/h8H,4-7H2,1-3H3. The monoisotopic (exact) mass is 218 g/mol. The zero-order valence-corrected chi connectivity index (χ0v) is 9.86. The van der Waals surface area contributed by atoms with E-state index in [1.807, 2.05) is 20.8 Å². The highest BCUT2D eigenvalue weighted by atomic mass is 32.2. The van der Waals surface area contributed by atoms with Gasteiger partial charge >= 0.3 is 0 Å². The topological polar surface area (TPSA) is 43.4 Å². The van der Waals surface area contributed by atoms with Gasteiger partial charge in [0.15, 0.2) is 5.78 Å². The third kappa shape index (κ3) is 3.17. The van der Waals surface area contributed by atoms with Crippen molar-refractivity contribution in [3.63, 3.8) is 0 Å². The molecule has 0 amide bonds. The highest BCUT2D eigenvalue weighted by molar-refractivity contribution is 7.87. The Hall–Kier alpha value is -0.220. The number of hydrogen-bond donors (Lipinski definition) is 0. The summed E-state index contributed by atoms with van der Waals surface area (Å²) in [4.78, 5) is 11.6. The van der Waals surface area contributed by atoms with Crippen LogP contribution in [0.15, 0.2) is 0 Å². The van der Waals surface area contributed by atoms with Gasteiger partial charge in [-0.3, -0.25) is 9.00 Å². The van der Waals surface area contributed by atoms with Crippen LogP contribution in [0.3, 0.4) is 0 Å². The Balaban J connectivity index is 2.44. The first-order chi connectivity index (χ1) is 6.41. The van der Waals surface area contributed by atoms with E-state index in [1.165, 1.54) is 0 Å². The fraction of sp³-hybridized carbons (Fsp3) is 0.900. The summed E-state index contributed by atoms with van der Waals surface area (Å²) in [5, 5.41) is 0. The van der Waals surface area contributed by atoms with E-state index < -0.39 is 10.8 Å². The molecule has 14 heavy (non-hydrogen) atoms. The second kappa shape index (κ2) is 4.53. The van der Waals surface area contributed by atoms with Gasteiger partial charge in [-0.1, -0.05) is 0 Å². The maximum atomic E-state index is 11.7. The lowest BCUT2D eigenvalue weighted by atomic mass is 10.1. The van der Waals surface area contributed by atoms with Crippen LogP contribution in [0, 0.1) is 5.92 Å². The van der Waals surface area contributed by atoms with E-state index in [-0.39, 0.29) is 22.2 Å². The maximum absolute atomic E-state index is 11.7. The number of ketones is 1. The summed E-state index contributed by atoms with van der Waals surface area (Å²) in [6.07, 6.45) is 0.792. The minimum atomic E-state index is -1.07. The van der Waals surface area contributed by atoms with Gasteiger partial charge in [-0.15, -0.1) is 0 Å². The molecule has 2 atom stereocenters. The molecule has 0 saturated carbocycles. The molecular weight excluding hydrogens is 200 g/mol. The van der Waals surface area contributed by atoms with Gasteiger partial charge in [0.1, 0.15) is 0 Å². The van der Waals surface area contributed by atoms with E-state index in [0.717, 1.165) is 6.42 Å². The summed E-state index contributed by atoms with van der Waals surface area (Å²) in [6, 6.07) is 0. The number of Topliss-reactive ketones (excluding diaryl/α,β-unsaturated/α-hetero) is 1. The molecule has 3 nitrogen and oxygen atoms in total. The van der Waals surface area contributed by atoms with Crippen LogP contribution in [0.1, 0.15) is 27.2 Å². The van der Waals surface area contributed by atoms with Crippen LogP contribution < -0.4 is 0 Å². The molecule has 0 aromatic carbocycles. The van der Waals surface area contributed by atoms with Gasteiger partial charge in [0.25, 0.3) is 0 Å². The van der Waals surface area contributed by atoms with Crippen molar-refractivity contribution >= 4 is 16.6 Å². The summed E-state index contributed by atoms with van der Waals surface area (Å²) in [5.74, 6) is 0.259. The molecule has 0 aliphatic carbocycles. The molecule has 0 aromatic heterocycles. The third-order valence-electron chi connectivity index (χ3n) is 2.34. The van der Waals surface area contributed by atoms with Crippen molar-refractivity contribution in [3.05, 3.63) is 0 Å². The van der Waals surface area contributed by atoms with Crippen molar-refractivity contribution in [3.8, 4) is 0 Å². The smallest absolute Gasteiger partial charge is 0.150 e.